The van der Waals surface area contributed by atoms with E-state index in [2.05, 4.69) is 80.9 Å². The first kappa shape index (κ1) is 32.0. The third-order valence-corrected chi connectivity index (χ3v) is 8.81. The van der Waals surface area contributed by atoms with Gasteiger partial charge < -0.3 is 24.3 Å². The fourth-order valence-corrected chi connectivity index (χ4v) is 5.67. The maximum atomic E-state index is 12.7. The van der Waals surface area contributed by atoms with Crippen molar-refractivity contribution in [3.05, 3.63) is 48.0 Å². The Morgan fingerprint density at radius 1 is 1.07 bits per heavy atom. The molecule has 10 heteroatoms. The number of ketones is 1. The first-order valence-corrected chi connectivity index (χ1v) is 15.0. The standard InChI is InChI=1S/C32H49N6O4/c1-21(2)38(8,16-10-9-11-24(39)17-22-12-14-23(15-13-22)32(3,4)5)18-25-27(40)28(41)31(42-25)37-20-35-26-29(36(6)7)33-19-34-30(26)37/h12-15,19-21,25,27-28,31,40-41H,9-11,16-18H2,1-8H3/q+1/t25-,27-,28-,31-,38?/m1/s1. The molecule has 1 aliphatic rings. The predicted molar refractivity (Wildman–Crippen MR) is 164 cm³/mol. The van der Waals surface area contributed by atoms with Gasteiger partial charge in [-0.05, 0) is 43.2 Å². The van der Waals surface area contributed by atoms with Gasteiger partial charge in [0, 0.05) is 26.9 Å². The molecule has 1 aliphatic heterocycles. The Hall–Kier alpha value is -2.92. The third-order valence-electron chi connectivity index (χ3n) is 8.81. The number of aliphatic hydroxyl groups excluding tert-OH is 2. The fourth-order valence-electron chi connectivity index (χ4n) is 5.67. The number of hydrogen-bond acceptors (Lipinski definition) is 8. The van der Waals surface area contributed by atoms with Gasteiger partial charge in [0.1, 0.15) is 37.0 Å². The Kier molecular flexibility index (Phi) is 9.72. The van der Waals surface area contributed by atoms with Gasteiger partial charge in [-0.2, -0.15) is 0 Å². The molecule has 3 heterocycles. The average molecular weight is 582 g/mol. The molecule has 2 aromatic heterocycles. The second kappa shape index (κ2) is 12.8. The number of rotatable bonds is 12. The molecule has 0 spiro atoms. The number of Topliss-reactive ketones (excluding diaryl/α,β-unsaturated/α-hetero) is 1. The lowest BCUT2D eigenvalue weighted by Crippen LogP contribution is -2.56. The molecular weight excluding hydrogens is 532 g/mol. The summed E-state index contributed by atoms with van der Waals surface area (Å²) in [5.74, 6) is 0.927. The highest BCUT2D eigenvalue weighted by atomic mass is 16.6. The molecule has 1 unspecified atom stereocenters. The lowest BCUT2D eigenvalue weighted by Gasteiger charge is -2.40. The molecule has 1 saturated heterocycles. The summed E-state index contributed by atoms with van der Waals surface area (Å²) in [6.45, 7) is 12.3. The third kappa shape index (κ3) is 6.99. The number of aliphatic hydroxyl groups is 2. The quantitative estimate of drug-likeness (QED) is 0.246. The Balaban J connectivity index is 1.34. The summed E-state index contributed by atoms with van der Waals surface area (Å²) in [4.78, 5) is 27.7. The van der Waals surface area contributed by atoms with E-state index in [1.165, 1.54) is 11.9 Å². The van der Waals surface area contributed by atoms with Gasteiger partial charge in [0.2, 0.25) is 0 Å². The highest BCUT2D eigenvalue weighted by Gasteiger charge is 2.48. The van der Waals surface area contributed by atoms with Crippen LogP contribution >= 0.6 is 0 Å². The molecule has 10 nitrogen and oxygen atoms in total. The van der Waals surface area contributed by atoms with Crippen LogP contribution in [0.4, 0.5) is 5.82 Å². The van der Waals surface area contributed by atoms with E-state index < -0.39 is 24.5 Å². The topological polar surface area (TPSA) is 114 Å². The Morgan fingerprint density at radius 3 is 2.38 bits per heavy atom. The number of carbonyl (C=O) groups is 1. The molecule has 0 aliphatic carbocycles. The second-order valence-corrected chi connectivity index (χ2v) is 13.6. The summed E-state index contributed by atoms with van der Waals surface area (Å²) in [7, 11) is 5.92. The van der Waals surface area contributed by atoms with Crippen LogP contribution in [0.25, 0.3) is 11.2 Å². The number of unbranched alkanes of at least 4 members (excludes halogenated alkanes) is 1. The van der Waals surface area contributed by atoms with E-state index in [4.69, 9.17) is 4.74 Å². The van der Waals surface area contributed by atoms with E-state index in [-0.39, 0.29) is 17.2 Å². The van der Waals surface area contributed by atoms with Crippen molar-refractivity contribution in [2.75, 3.05) is 39.1 Å². The largest absolute Gasteiger partial charge is 0.387 e. The molecule has 0 bridgehead atoms. The minimum atomic E-state index is -1.12. The minimum Gasteiger partial charge on any atom is -0.387 e. The van der Waals surface area contributed by atoms with E-state index in [9.17, 15) is 15.0 Å². The van der Waals surface area contributed by atoms with Crippen LogP contribution in [0.3, 0.4) is 0 Å². The molecular formula is C32H49N6O4+. The summed E-state index contributed by atoms with van der Waals surface area (Å²) in [5.41, 5.74) is 3.58. The number of nitrogens with zero attached hydrogens (tertiary/aromatic N) is 6. The summed E-state index contributed by atoms with van der Waals surface area (Å²) >= 11 is 0. The van der Waals surface area contributed by atoms with Gasteiger partial charge in [-0.25, -0.2) is 15.0 Å². The van der Waals surface area contributed by atoms with E-state index in [1.54, 1.807) is 10.9 Å². The number of aromatic nitrogens is 4. The molecule has 1 fully saturated rings. The van der Waals surface area contributed by atoms with Crippen molar-refractivity contribution in [1.82, 2.24) is 19.5 Å². The summed E-state index contributed by atoms with van der Waals surface area (Å²) in [6, 6.07) is 8.65. The van der Waals surface area contributed by atoms with E-state index in [1.807, 2.05) is 19.0 Å². The zero-order chi connectivity index (χ0) is 30.8. The summed E-state index contributed by atoms with van der Waals surface area (Å²) in [5, 5.41) is 22.0. The molecule has 5 atom stereocenters. The number of fused-ring (bicyclic) bond motifs is 1. The van der Waals surface area contributed by atoms with E-state index >= 15 is 0 Å². The van der Waals surface area contributed by atoms with Gasteiger partial charge in [-0.15, -0.1) is 0 Å². The molecule has 4 rings (SSSR count). The van der Waals surface area contributed by atoms with Gasteiger partial charge >= 0.3 is 0 Å². The van der Waals surface area contributed by atoms with Crippen LogP contribution in [-0.4, -0.2) is 98.6 Å². The van der Waals surface area contributed by atoms with Crippen LogP contribution < -0.4 is 4.90 Å². The molecule has 2 N–H and O–H groups in total. The molecule has 1 aromatic carbocycles. The Morgan fingerprint density at radius 2 is 1.76 bits per heavy atom. The van der Waals surface area contributed by atoms with Crippen LogP contribution in [0.15, 0.2) is 36.9 Å². The number of likely N-dealkylation sites (N-methyl/N-ethyl adjacent to an activating group) is 1. The van der Waals surface area contributed by atoms with Crippen LogP contribution in [-0.2, 0) is 21.4 Å². The van der Waals surface area contributed by atoms with E-state index in [0.717, 1.165) is 24.9 Å². The first-order chi connectivity index (χ1) is 19.7. The van der Waals surface area contributed by atoms with Gasteiger partial charge in [-0.1, -0.05) is 45.0 Å². The summed E-state index contributed by atoms with van der Waals surface area (Å²) < 4.78 is 8.64. The van der Waals surface area contributed by atoms with Crippen molar-refractivity contribution >= 4 is 22.8 Å². The van der Waals surface area contributed by atoms with Gasteiger partial charge in [-0.3, -0.25) is 9.36 Å². The van der Waals surface area contributed by atoms with Crippen LogP contribution in [0.5, 0.6) is 0 Å². The molecule has 230 valence electrons. The monoisotopic (exact) mass is 581 g/mol. The van der Waals surface area contributed by atoms with Crippen molar-refractivity contribution in [2.24, 2.45) is 0 Å². The van der Waals surface area contributed by atoms with Crippen molar-refractivity contribution in [2.45, 2.75) is 96.3 Å². The lowest BCUT2D eigenvalue weighted by atomic mass is 9.86. The molecule has 0 saturated carbocycles. The van der Waals surface area contributed by atoms with Crippen molar-refractivity contribution in [1.29, 1.82) is 0 Å². The molecule has 42 heavy (non-hydrogen) atoms. The minimum absolute atomic E-state index is 0.0984. The number of hydrogen-bond donors (Lipinski definition) is 2. The Labute approximate surface area is 249 Å². The number of imidazole rings is 1. The maximum absolute atomic E-state index is 12.7. The van der Waals surface area contributed by atoms with E-state index in [0.29, 0.717) is 40.9 Å². The number of ether oxygens (including phenoxy) is 1. The maximum Gasteiger partial charge on any atom is 0.167 e. The average Bonchev–Trinajstić information content (AvgIpc) is 3.47. The highest BCUT2D eigenvalue weighted by molar-refractivity contribution is 5.83. The summed E-state index contributed by atoms with van der Waals surface area (Å²) in [6.07, 6.45) is 2.21. The molecule has 0 amide bonds. The molecule has 0 radical (unpaired) electrons. The number of quaternary nitrogens is 1. The van der Waals surface area contributed by atoms with Gasteiger partial charge in [0.25, 0.3) is 0 Å². The first-order valence-electron chi connectivity index (χ1n) is 15.0. The van der Waals surface area contributed by atoms with Gasteiger partial charge in [0.15, 0.2) is 23.2 Å². The van der Waals surface area contributed by atoms with Crippen molar-refractivity contribution in [3.8, 4) is 0 Å². The predicted octanol–water partition coefficient (Wildman–Crippen LogP) is 3.65. The highest BCUT2D eigenvalue weighted by Crippen LogP contribution is 2.34. The molecule has 3 aromatic rings. The van der Waals surface area contributed by atoms with Crippen LogP contribution in [0, 0.1) is 0 Å². The normalized spacial score (nSPS) is 22.5. The fraction of sp³-hybridized carbons (Fsp3) is 0.625. The number of carbonyl (C=O) groups excluding carboxylic acids is 1. The van der Waals surface area contributed by atoms with Crippen molar-refractivity contribution < 1.29 is 24.2 Å². The SMILES string of the molecule is CC(C)[N+](C)(CCCCC(=O)Cc1ccc(C(C)(C)C)cc1)C[C@H]1O[C@@H](n2cnc3c(N(C)C)ncnc32)[C@H](O)[C@@H]1O. The second-order valence-electron chi connectivity index (χ2n) is 13.6. The van der Waals surface area contributed by atoms with Crippen LogP contribution in [0.1, 0.15) is 71.2 Å². The van der Waals surface area contributed by atoms with Crippen LogP contribution in [0.2, 0.25) is 0 Å². The Bertz CT molecular complexity index is 1350. The lowest BCUT2D eigenvalue weighted by molar-refractivity contribution is -0.933. The zero-order valence-electron chi connectivity index (χ0n) is 26.5. The smallest absolute Gasteiger partial charge is 0.167 e. The zero-order valence-corrected chi connectivity index (χ0v) is 26.5. The van der Waals surface area contributed by atoms with Gasteiger partial charge in [0.05, 0.1) is 26.0 Å². The van der Waals surface area contributed by atoms with Crippen molar-refractivity contribution in [3.63, 3.8) is 0 Å². The number of benzene rings is 1. The number of anilines is 1.